The van der Waals surface area contributed by atoms with Crippen LogP contribution in [-0.4, -0.2) is 28.0 Å². The molecule has 0 fully saturated rings. The Balaban J connectivity index is 1.46. The van der Waals surface area contributed by atoms with E-state index in [1.807, 2.05) is 72.8 Å². The highest BCUT2D eigenvalue weighted by Gasteiger charge is 2.26. The topological polar surface area (TPSA) is 78.4 Å². The molecule has 0 bridgehead atoms. The fourth-order valence-corrected chi connectivity index (χ4v) is 4.21. The summed E-state index contributed by atoms with van der Waals surface area (Å²) in [6.07, 6.45) is 1.27. The Hall–Kier alpha value is -4.04. The van der Waals surface area contributed by atoms with Crippen LogP contribution in [0.5, 0.6) is 17.4 Å². The second-order valence-corrected chi connectivity index (χ2v) is 8.71. The lowest BCUT2D eigenvalue weighted by Crippen LogP contribution is -2.17. The molecule has 0 saturated heterocycles. The van der Waals surface area contributed by atoms with E-state index in [9.17, 15) is 0 Å². The normalized spacial score (nSPS) is 13.9. The lowest BCUT2D eigenvalue weighted by Gasteiger charge is -2.21. The summed E-state index contributed by atoms with van der Waals surface area (Å²) in [6.45, 7) is 4.20. The van der Waals surface area contributed by atoms with Crippen LogP contribution in [0.4, 0.5) is 5.69 Å². The number of aromatic nitrogens is 3. The molecule has 1 atom stereocenters. The van der Waals surface area contributed by atoms with E-state index in [1.54, 1.807) is 13.2 Å². The molecule has 0 spiro atoms. The molecule has 0 amide bonds. The molecule has 7 nitrogen and oxygen atoms in total. The van der Waals surface area contributed by atoms with Crippen molar-refractivity contribution in [1.29, 1.82) is 0 Å². The van der Waals surface area contributed by atoms with Gasteiger partial charge in [0.1, 0.15) is 6.61 Å². The average molecular weight is 485 g/mol. The number of para-hydroxylation sites is 1. The van der Waals surface area contributed by atoms with Crippen LogP contribution >= 0.6 is 11.8 Å². The summed E-state index contributed by atoms with van der Waals surface area (Å²) in [7, 11) is 1.63. The Morgan fingerprint density at radius 2 is 1.86 bits per heavy atom. The summed E-state index contributed by atoms with van der Waals surface area (Å²) >= 11 is 1.45. The molecular weight excluding hydrogens is 460 g/mol. The molecule has 1 aliphatic rings. The van der Waals surface area contributed by atoms with Crippen molar-refractivity contribution in [2.75, 3.05) is 18.2 Å². The number of nitrogens with zero attached hydrogens (tertiary/aromatic N) is 3. The smallest absolute Gasteiger partial charge is 0.247 e. The van der Waals surface area contributed by atoms with Gasteiger partial charge < -0.3 is 19.5 Å². The van der Waals surface area contributed by atoms with Crippen molar-refractivity contribution in [1.82, 2.24) is 15.2 Å². The van der Waals surface area contributed by atoms with E-state index in [-0.39, 0.29) is 0 Å². The van der Waals surface area contributed by atoms with E-state index < -0.39 is 6.23 Å². The molecule has 2 heterocycles. The number of nitrogens with one attached hydrogen (secondary N) is 1. The summed E-state index contributed by atoms with van der Waals surface area (Å²) < 4.78 is 18.0. The zero-order valence-corrected chi connectivity index (χ0v) is 20.0. The van der Waals surface area contributed by atoms with Gasteiger partial charge in [-0.1, -0.05) is 66.4 Å². The highest BCUT2D eigenvalue weighted by Crippen LogP contribution is 2.40. The van der Waals surface area contributed by atoms with Crippen molar-refractivity contribution in [3.8, 4) is 28.6 Å². The minimum atomic E-state index is -0.525. The minimum absolute atomic E-state index is 0.414. The third-order valence-electron chi connectivity index (χ3n) is 5.39. The third kappa shape index (κ3) is 5.07. The van der Waals surface area contributed by atoms with Gasteiger partial charge in [0, 0.05) is 22.6 Å². The standard InChI is InChI=1S/C27H24N4O3S/c1-3-15-35-27-29-26-24(30-31-27)20-11-7-8-12-21(20)28-25(34-26)19-13-14-22(23(16-19)32-2)33-17-18-9-5-4-6-10-18/h3-14,16,25,28H,1,15,17H2,2H3/t25-/m0/s1. The fourth-order valence-electron chi connectivity index (χ4n) is 3.69. The molecule has 1 N–H and O–H groups in total. The summed E-state index contributed by atoms with van der Waals surface area (Å²) in [5.74, 6) is 2.36. The fraction of sp³-hybridized carbons (Fsp3) is 0.148. The van der Waals surface area contributed by atoms with Crippen LogP contribution in [0.15, 0.2) is 90.6 Å². The second kappa shape index (κ2) is 10.5. The molecule has 8 heteroatoms. The summed E-state index contributed by atoms with van der Waals surface area (Å²) in [5, 5.41) is 12.7. The minimum Gasteiger partial charge on any atom is -0.493 e. The maximum Gasteiger partial charge on any atom is 0.247 e. The number of anilines is 1. The SMILES string of the molecule is C=CCSc1nnc2c(n1)O[C@@H](c1ccc(OCc3ccccc3)c(OC)c1)Nc1ccccc1-2. The van der Waals surface area contributed by atoms with Gasteiger partial charge in [0.15, 0.2) is 23.4 Å². The number of fused-ring (bicyclic) bond motifs is 3. The van der Waals surface area contributed by atoms with Crippen LogP contribution in [0.1, 0.15) is 17.4 Å². The first-order valence-corrected chi connectivity index (χ1v) is 12.1. The Labute approximate surface area is 208 Å². The zero-order valence-electron chi connectivity index (χ0n) is 19.2. The Morgan fingerprint density at radius 1 is 1.03 bits per heavy atom. The van der Waals surface area contributed by atoms with E-state index in [0.717, 1.165) is 22.4 Å². The van der Waals surface area contributed by atoms with E-state index >= 15 is 0 Å². The molecule has 3 aromatic carbocycles. The maximum absolute atomic E-state index is 6.35. The van der Waals surface area contributed by atoms with Crippen molar-refractivity contribution >= 4 is 17.4 Å². The molecule has 0 saturated carbocycles. The predicted molar refractivity (Wildman–Crippen MR) is 137 cm³/mol. The number of thioether (sulfide) groups is 1. The lowest BCUT2D eigenvalue weighted by molar-refractivity contribution is 0.224. The first-order chi connectivity index (χ1) is 17.2. The lowest BCUT2D eigenvalue weighted by atomic mass is 10.1. The maximum atomic E-state index is 6.35. The van der Waals surface area contributed by atoms with Crippen molar-refractivity contribution in [2.45, 2.75) is 18.0 Å². The first-order valence-electron chi connectivity index (χ1n) is 11.1. The molecule has 176 valence electrons. The Bertz CT molecular complexity index is 1330. The first kappa shape index (κ1) is 22.7. The number of hydrogen-bond acceptors (Lipinski definition) is 8. The monoisotopic (exact) mass is 484 g/mol. The Kier molecular flexibility index (Phi) is 6.81. The van der Waals surface area contributed by atoms with Gasteiger partial charge in [-0.25, -0.2) is 0 Å². The van der Waals surface area contributed by atoms with Crippen LogP contribution in [0.25, 0.3) is 11.3 Å². The van der Waals surface area contributed by atoms with E-state index in [0.29, 0.717) is 40.6 Å². The number of methoxy groups -OCH3 is 1. The zero-order chi connectivity index (χ0) is 24.0. The molecule has 1 aliphatic heterocycles. The number of hydrogen-bond donors (Lipinski definition) is 1. The highest BCUT2D eigenvalue weighted by molar-refractivity contribution is 7.99. The molecule has 0 radical (unpaired) electrons. The third-order valence-corrected chi connectivity index (χ3v) is 6.22. The van der Waals surface area contributed by atoms with Crippen molar-refractivity contribution in [3.05, 3.63) is 96.6 Å². The Morgan fingerprint density at radius 3 is 2.69 bits per heavy atom. The van der Waals surface area contributed by atoms with Gasteiger partial charge in [0.25, 0.3) is 0 Å². The number of benzene rings is 3. The van der Waals surface area contributed by atoms with E-state index in [2.05, 4.69) is 27.1 Å². The van der Waals surface area contributed by atoms with Crippen molar-refractivity contribution < 1.29 is 14.2 Å². The van der Waals surface area contributed by atoms with Crippen LogP contribution in [0, 0.1) is 0 Å². The van der Waals surface area contributed by atoms with Gasteiger partial charge >= 0.3 is 0 Å². The number of ether oxygens (including phenoxy) is 3. The summed E-state index contributed by atoms with van der Waals surface area (Å²) in [6, 6.07) is 23.6. The number of rotatable bonds is 8. The molecule has 1 aromatic heterocycles. The van der Waals surface area contributed by atoms with Gasteiger partial charge in [-0.15, -0.1) is 16.8 Å². The summed E-state index contributed by atoms with van der Waals surface area (Å²) in [4.78, 5) is 4.63. The van der Waals surface area contributed by atoms with Gasteiger partial charge in [0.2, 0.25) is 11.0 Å². The van der Waals surface area contributed by atoms with Crippen molar-refractivity contribution in [2.24, 2.45) is 0 Å². The van der Waals surface area contributed by atoms with E-state index in [1.165, 1.54) is 11.8 Å². The predicted octanol–water partition coefficient (Wildman–Crippen LogP) is 5.91. The van der Waals surface area contributed by atoms with Crippen LogP contribution in [-0.2, 0) is 6.61 Å². The largest absolute Gasteiger partial charge is 0.493 e. The van der Waals surface area contributed by atoms with Crippen LogP contribution in [0.3, 0.4) is 0 Å². The van der Waals surface area contributed by atoms with Crippen LogP contribution in [0.2, 0.25) is 0 Å². The van der Waals surface area contributed by atoms with Gasteiger partial charge in [-0.05, 0) is 29.8 Å². The molecule has 4 aromatic rings. The van der Waals surface area contributed by atoms with Gasteiger partial charge in [0.05, 0.1) is 7.11 Å². The van der Waals surface area contributed by atoms with Crippen LogP contribution < -0.4 is 19.5 Å². The molecule has 5 rings (SSSR count). The highest BCUT2D eigenvalue weighted by atomic mass is 32.2. The molecular formula is C27H24N4O3S. The van der Waals surface area contributed by atoms with E-state index in [4.69, 9.17) is 14.2 Å². The van der Waals surface area contributed by atoms with Gasteiger partial charge in [-0.3, -0.25) is 0 Å². The average Bonchev–Trinajstić information content (AvgIpc) is 3.07. The van der Waals surface area contributed by atoms with Crippen molar-refractivity contribution in [3.63, 3.8) is 0 Å². The quantitative estimate of drug-likeness (QED) is 0.244. The summed E-state index contributed by atoms with van der Waals surface area (Å²) in [5.41, 5.74) is 4.28. The molecule has 0 unspecified atom stereocenters. The second-order valence-electron chi connectivity index (χ2n) is 7.72. The van der Waals surface area contributed by atoms with Gasteiger partial charge in [-0.2, -0.15) is 4.98 Å². The molecule has 0 aliphatic carbocycles. The molecule has 35 heavy (non-hydrogen) atoms.